The van der Waals surface area contributed by atoms with E-state index < -0.39 is 5.91 Å². The fourth-order valence-corrected chi connectivity index (χ4v) is 1.69. The lowest BCUT2D eigenvalue weighted by molar-refractivity contribution is -0.114. The average molecular weight is 269 g/mol. The van der Waals surface area contributed by atoms with Crippen LogP contribution >= 0.6 is 0 Å². The van der Waals surface area contributed by atoms with E-state index in [1.165, 1.54) is 0 Å². The Morgan fingerprint density at radius 1 is 0.950 bits per heavy atom. The molecule has 0 aliphatic heterocycles. The van der Waals surface area contributed by atoms with Crippen molar-refractivity contribution < 1.29 is 9.59 Å². The number of hydrogen-bond donors (Lipinski definition) is 3. The molecule has 0 fully saturated rings. The lowest BCUT2D eigenvalue weighted by atomic mass is 10.2. The summed E-state index contributed by atoms with van der Waals surface area (Å²) in [4.78, 5) is 22.8. The summed E-state index contributed by atoms with van der Waals surface area (Å²) in [5.74, 6) is -0.664. The zero-order valence-corrected chi connectivity index (χ0v) is 10.8. The Hall–Kier alpha value is -2.82. The molecule has 2 amide bonds. The lowest BCUT2D eigenvalue weighted by Gasteiger charge is -2.08. The smallest absolute Gasteiger partial charge is 0.248 e. The first-order chi connectivity index (χ1) is 9.65. The molecule has 2 aromatic carbocycles. The molecule has 2 rings (SSSR count). The van der Waals surface area contributed by atoms with Crippen LogP contribution in [0.25, 0.3) is 0 Å². The Labute approximate surface area is 116 Å². The number of hydrogen-bond acceptors (Lipinski definition) is 3. The molecule has 0 heterocycles. The molecular weight excluding hydrogens is 254 g/mol. The molecule has 0 saturated carbocycles. The molecule has 5 nitrogen and oxygen atoms in total. The summed E-state index contributed by atoms with van der Waals surface area (Å²) in [7, 11) is 0. The summed E-state index contributed by atoms with van der Waals surface area (Å²) in [6.45, 7) is 0.108. The maximum absolute atomic E-state index is 11.7. The highest BCUT2D eigenvalue weighted by molar-refractivity contribution is 5.95. The fraction of sp³-hybridized carbons (Fsp3) is 0.0667. The van der Waals surface area contributed by atoms with Gasteiger partial charge in [0.1, 0.15) is 0 Å². The Morgan fingerprint density at radius 2 is 1.65 bits per heavy atom. The first-order valence-electron chi connectivity index (χ1n) is 6.14. The molecule has 0 aliphatic rings. The van der Waals surface area contributed by atoms with Gasteiger partial charge in [-0.2, -0.15) is 0 Å². The van der Waals surface area contributed by atoms with Crippen LogP contribution in [0, 0.1) is 0 Å². The van der Waals surface area contributed by atoms with Crippen molar-refractivity contribution in [3.05, 3.63) is 60.2 Å². The number of rotatable bonds is 5. The van der Waals surface area contributed by atoms with Gasteiger partial charge in [0.15, 0.2) is 0 Å². The minimum absolute atomic E-state index is 0.108. The van der Waals surface area contributed by atoms with E-state index in [1.54, 1.807) is 24.3 Å². The predicted molar refractivity (Wildman–Crippen MR) is 78.5 cm³/mol. The molecule has 5 heteroatoms. The minimum Gasteiger partial charge on any atom is -0.376 e. The van der Waals surface area contributed by atoms with E-state index in [2.05, 4.69) is 10.6 Å². The third-order valence-electron chi connectivity index (χ3n) is 2.66. The van der Waals surface area contributed by atoms with Crippen LogP contribution in [0.4, 0.5) is 11.4 Å². The highest BCUT2D eigenvalue weighted by atomic mass is 16.2. The number of nitrogens with one attached hydrogen (secondary N) is 2. The van der Waals surface area contributed by atoms with E-state index in [-0.39, 0.29) is 12.5 Å². The van der Waals surface area contributed by atoms with Crippen LogP contribution in [0.5, 0.6) is 0 Å². The van der Waals surface area contributed by atoms with Crippen molar-refractivity contribution in [3.8, 4) is 0 Å². The number of carbonyl (C=O) groups is 2. The van der Waals surface area contributed by atoms with Gasteiger partial charge in [0.2, 0.25) is 11.8 Å². The van der Waals surface area contributed by atoms with Crippen molar-refractivity contribution >= 4 is 23.2 Å². The zero-order valence-electron chi connectivity index (χ0n) is 10.8. The molecule has 0 aliphatic carbocycles. The number of amides is 2. The van der Waals surface area contributed by atoms with Crippen LogP contribution in [-0.2, 0) is 4.79 Å². The van der Waals surface area contributed by atoms with E-state index in [9.17, 15) is 9.59 Å². The summed E-state index contributed by atoms with van der Waals surface area (Å²) in [6.07, 6.45) is 0. The third kappa shape index (κ3) is 3.84. The third-order valence-corrected chi connectivity index (χ3v) is 2.66. The van der Waals surface area contributed by atoms with Crippen molar-refractivity contribution in [1.29, 1.82) is 0 Å². The summed E-state index contributed by atoms with van der Waals surface area (Å²) >= 11 is 0. The lowest BCUT2D eigenvalue weighted by Crippen LogP contribution is -2.22. The van der Waals surface area contributed by atoms with Crippen molar-refractivity contribution in [1.82, 2.24) is 0 Å². The Balaban J connectivity index is 1.90. The van der Waals surface area contributed by atoms with Gasteiger partial charge in [0.25, 0.3) is 0 Å². The molecule has 102 valence electrons. The topological polar surface area (TPSA) is 84.2 Å². The molecule has 0 bridgehead atoms. The SMILES string of the molecule is NC(=O)c1cccc(NCC(=O)Nc2ccccc2)c1. The number of benzene rings is 2. The van der Waals surface area contributed by atoms with Gasteiger partial charge in [0.05, 0.1) is 6.54 Å². The van der Waals surface area contributed by atoms with Gasteiger partial charge in [0, 0.05) is 16.9 Å². The first kappa shape index (κ1) is 13.6. The van der Waals surface area contributed by atoms with Crippen LogP contribution in [0.2, 0.25) is 0 Å². The first-order valence-corrected chi connectivity index (χ1v) is 6.14. The van der Waals surface area contributed by atoms with Crippen LogP contribution in [0.15, 0.2) is 54.6 Å². The number of anilines is 2. The van der Waals surface area contributed by atoms with E-state index in [0.29, 0.717) is 11.3 Å². The normalized spacial score (nSPS) is 9.80. The molecule has 20 heavy (non-hydrogen) atoms. The van der Waals surface area contributed by atoms with E-state index in [4.69, 9.17) is 5.73 Å². The summed E-state index contributed by atoms with van der Waals surface area (Å²) in [5.41, 5.74) is 7.01. The Kier molecular flexibility index (Phi) is 4.34. The number of primary amides is 1. The fourth-order valence-electron chi connectivity index (χ4n) is 1.69. The van der Waals surface area contributed by atoms with Crippen molar-refractivity contribution in [2.24, 2.45) is 5.73 Å². The van der Waals surface area contributed by atoms with Crippen LogP contribution in [0.3, 0.4) is 0 Å². The van der Waals surface area contributed by atoms with Gasteiger partial charge in [-0.3, -0.25) is 9.59 Å². The number of nitrogens with two attached hydrogens (primary N) is 1. The Bertz CT molecular complexity index is 612. The highest BCUT2D eigenvalue weighted by Gasteiger charge is 2.04. The summed E-state index contributed by atoms with van der Waals surface area (Å²) in [5, 5.41) is 5.70. The number of carbonyl (C=O) groups excluding carboxylic acids is 2. The van der Waals surface area contributed by atoms with Gasteiger partial charge in [-0.05, 0) is 30.3 Å². The van der Waals surface area contributed by atoms with Crippen LogP contribution in [0.1, 0.15) is 10.4 Å². The standard InChI is InChI=1S/C15H15N3O2/c16-15(20)11-5-4-8-13(9-11)17-10-14(19)18-12-6-2-1-3-7-12/h1-9,17H,10H2,(H2,16,20)(H,18,19). The van der Waals surface area contributed by atoms with E-state index in [0.717, 1.165) is 5.69 Å². The maximum atomic E-state index is 11.7. The molecular formula is C15H15N3O2. The molecule has 0 spiro atoms. The van der Waals surface area contributed by atoms with Gasteiger partial charge in [-0.25, -0.2) is 0 Å². The molecule has 0 saturated heterocycles. The Morgan fingerprint density at radius 3 is 2.35 bits per heavy atom. The van der Waals surface area contributed by atoms with Crippen LogP contribution in [-0.4, -0.2) is 18.4 Å². The molecule has 4 N–H and O–H groups in total. The predicted octanol–water partition coefficient (Wildman–Crippen LogP) is 1.84. The van der Waals surface area contributed by atoms with Crippen LogP contribution < -0.4 is 16.4 Å². The quantitative estimate of drug-likeness (QED) is 0.774. The average Bonchev–Trinajstić information content (AvgIpc) is 2.46. The van der Waals surface area contributed by atoms with Gasteiger partial charge in [-0.1, -0.05) is 24.3 Å². The van der Waals surface area contributed by atoms with Gasteiger partial charge in [-0.15, -0.1) is 0 Å². The van der Waals surface area contributed by atoms with Crippen molar-refractivity contribution in [3.63, 3.8) is 0 Å². The van der Waals surface area contributed by atoms with Gasteiger partial charge >= 0.3 is 0 Å². The largest absolute Gasteiger partial charge is 0.376 e. The maximum Gasteiger partial charge on any atom is 0.248 e. The molecule has 0 radical (unpaired) electrons. The molecule has 0 aromatic heterocycles. The number of para-hydroxylation sites is 1. The monoisotopic (exact) mass is 269 g/mol. The van der Waals surface area contributed by atoms with Crippen molar-refractivity contribution in [2.75, 3.05) is 17.2 Å². The second kappa shape index (κ2) is 6.38. The zero-order chi connectivity index (χ0) is 14.4. The summed E-state index contributed by atoms with van der Waals surface area (Å²) in [6, 6.07) is 15.9. The molecule has 2 aromatic rings. The second-order valence-corrected chi connectivity index (χ2v) is 4.21. The highest BCUT2D eigenvalue weighted by Crippen LogP contribution is 2.10. The van der Waals surface area contributed by atoms with E-state index in [1.807, 2.05) is 30.3 Å². The van der Waals surface area contributed by atoms with E-state index >= 15 is 0 Å². The van der Waals surface area contributed by atoms with Gasteiger partial charge < -0.3 is 16.4 Å². The summed E-state index contributed by atoms with van der Waals surface area (Å²) < 4.78 is 0. The molecule has 0 unspecified atom stereocenters. The molecule has 0 atom stereocenters. The minimum atomic E-state index is -0.498. The second-order valence-electron chi connectivity index (χ2n) is 4.21. The van der Waals surface area contributed by atoms with Crippen molar-refractivity contribution in [2.45, 2.75) is 0 Å².